The van der Waals surface area contributed by atoms with Gasteiger partial charge in [-0.2, -0.15) is 0 Å². The highest BCUT2D eigenvalue weighted by atomic mass is 15.2. The number of nitrogens with zero attached hydrogens (tertiary/aromatic N) is 2. The average molecular weight is 644 g/mol. The van der Waals surface area contributed by atoms with Crippen LogP contribution in [0.4, 0.5) is 0 Å². The molecule has 0 saturated heterocycles. The minimum absolute atomic E-state index is 1.26. The predicted molar refractivity (Wildman–Crippen MR) is 207 cm³/mol. The molecule has 1 aromatic rings. The van der Waals surface area contributed by atoms with Crippen molar-refractivity contribution in [2.45, 2.75) is 259 Å². The van der Waals surface area contributed by atoms with E-state index < -0.39 is 0 Å². The van der Waals surface area contributed by atoms with Gasteiger partial charge in [-0.05, 0) is 32.1 Å². The summed E-state index contributed by atoms with van der Waals surface area (Å²) in [5.74, 6) is 1.66. The molecule has 2 heteroatoms. The molecule has 0 bridgehead atoms. The van der Waals surface area contributed by atoms with Crippen molar-refractivity contribution in [3.63, 3.8) is 0 Å². The molecule has 0 aliphatic heterocycles. The van der Waals surface area contributed by atoms with Crippen molar-refractivity contribution in [3.8, 4) is 0 Å². The van der Waals surface area contributed by atoms with Crippen LogP contribution in [0.1, 0.15) is 250 Å². The van der Waals surface area contributed by atoms with Crippen LogP contribution in [0, 0.1) is 0 Å². The summed E-state index contributed by atoms with van der Waals surface area (Å²) in [6.07, 6.45) is 49.3. The topological polar surface area (TPSA) is 8.81 Å². The van der Waals surface area contributed by atoms with Crippen LogP contribution in [-0.2, 0) is 32.9 Å². The second-order valence-electron chi connectivity index (χ2n) is 15.2. The Kier molecular flexibility index (Phi) is 30.8. The van der Waals surface area contributed by atoms with Crippen molar-refractivity contribution in [1.29, 1.82) is 0 Å². The van der Waals surface area contributed by atoms with E-state index in [0.717, 1.165) is 0 Å². The summed E-state index contributed by atoms with van der Waals surface area (Å²) in [6, 6.07) is 0. The Labute approximate surface area is 291 Å². The van der Waals surface area contributed by atoms with Gasteiger partial charge in [-0.1, -0.05) is 201 Å². The first-order valence-corrected chi connectivity index (χ1v) is 21.8. The molecule has 0 spiro atoms. The van der Waals surface area contributed by atoms with E-state index in [0.29, 0.717) is 0 Å². The van der Waals surface area contributed by atoms with Gasteiger partial charge >= 0.3 is 0 Å². The number of hydrogen-bond donors (Lipinski definition) is 0. The van der Waals surface area contributed by atoms with E-state index >= 15 is 0 Å². The number of rotatable bonds is 36. The summed E-state index contributed by atoms with van der Waals surface area (Å²) in [5.41, 5.74) is 3.46. The highest BCUT2D eigenvalue weighted by Gasteiger charge is 2.27. The number of hydrogen-bond acceptors (Lipinski definition) is 0. The Morgan fingerprint density at radius 3 is 1.04 bits per heavy atom. The van der Waals surface area contributed by atoms with Crippen LogP contribution < -0.4 is 4.57 Å². The minimum atomic E-state index is 1.26. The molecule has 0 N–H and O–H groups in total. The molecule has 0 saturated carbocycles. The molecule has 2 nitrogen and oxygen atoms in total. The summed E-state index contributed by atoms with van der Waals surface area (Å²) in [4.78, 5) is 0. The zero-order valence-corrected chi connectivity index (χ0v) is 32.9. The Morgan fingerprint density at radius 2 is 0.652 bits per heavy atom. The summed E-state index contributed by atoms with van der Waals surface area (Å²) < 4.78 is 5.60. The Balaban J connectivity index is 2.89. The lowest BCUT2D eigenvalue weighted by atomic mass is 10.0. The fourth-order valence-corrected chi connectivity index (χ4v) is 7.67. The molecule has 1 aromatic heterocycles. The van der Waals surface area contributed by atoms with Gasteiger partial charge in [0.05, 0.1) is 13.6 Å². The minimum Gasteiger partial charge on any atom is -0.234 e. The van der Waals surface area contributed by atoms with Crippen LogP contribution in [-0.4, -0.2) is 4.57 Å². The summed E-state index contributed by atoms with van der Waals surface area (Å²) in [7, 11) is 2.45. The average Bonchev–Trinajstić information content (AvgIpc) is 3.31. The summed E-state index contributed by atoms with van der Waals surface area (Å²) in [5, 5.41) is 0. The second-order valence-corrected chi connectivity index (χ2v) is 15.2. The molecular weight excluding hydrogens is 556 g/mol. The Bertz CT molecular complexity index is 701. The first-order chi connectivity index (χ1) is 22.7. The highest BCUT2D eigenvalue weighted by molar-refractivity contribution is 5.12. The van der Waals surface area contributed by atoms with E-state index in [1.54, 1.807) is 17.2 Å². The van der Waals surface area contributed by atoms with Gasteiger partial charge in [0, 0.05) is 19.3 Å². The molecule has 0 atom stereocenters. The fraction of sp³-hybridized carbons (Fsp3) is 0.932. The highest BCUT2D eigenvalue weighted by Crippen LogP contribution is 2.22. The normalized spacial score (nSPS) is 11.7. The van der Waals surface area contributed by atoms with Crippen molar-refractivity contribution >= 4 is 0 Å². The van der Waals surface area contributed by atoms with Crippen LogP contribution in [0.15, 0.2) is 0 Å². The second kappa shape index (κ2) is 32.7. The molecular formula is C44H87N2+. The van der Waals surface area contributed by atoms with Gasteiger partial charge in [-0.3, -0.25) is 0 Å². The fourth-order valence-electron chi connectivity index (χ4n) is 7.67. The van der Waals surface area contributed by atoms with Crippen molar-refractivity contribution in [1.82, 2.24) is 4.57 Å². The molecule has 0 aliphatic rings. The van der Waals surface area contributed by atoms with E-state index in [1.807, 2.05) is 0 Å². The largest absolute Gasteiger partial charge is 0.256 e. The number of unbranched alkanes of at least 4 members (excludes halogenated alkanes) is 28. The third kappa shape index (κ3) is 22.0. The van der Waals surface area contributed by atoms with Gasteiger partial charge in [0.2, 0.25) is 0 Å². The van der Waals surface area contributed by atoms with Gasteiger partial charge in [-0.25, -0.2) is 9.13 Å². The molecule has 0 aromatic carbocycles. The molecule has 46 heavy (non-hydrogen) atoms. The first-order valence-electron chi connectivity index (χ1n) is 21.8. The molecule has 1 rings (SSSR count). The first kappa shape index (κ1) is 43.2. The molecule has 0 radical (unpaired) electrons. The summed E-state index contributed by atoms with van der Waals surface area (Å²) >= 11 is 0. The third-order valence-corrected chi connectivity index (χ3v) is 10.8. The van der Waals surface area contributed by atoms with Gasteiger partial charge < -0.3 is 0 Å². The Morgan fingerprint density at radius 1 is 0.348 bits per heavy atom. The SMILES string of the molecule is CCCCCCCCCCc1c(CCCCCCCCCC)[n+](C)c(CCCCCCCCCC)n1CCCCCCCCCC. The van der Waals surface area contributed by atoms with Crippen LogP contribution >= 0.6 is 0 Å². The van der Waals surface area contributed by atoms with Gasteiger partial charge in [0.25, 0.3) is 5.82 Å². The van der Waals surface area contributed by atoms with Gasteiger partial charge in [0.1, 0.15) is 11.4 Å². The maximum atomic E-state index is 2.89. The van der Waals surface area contributed by atoms with Crippen LogP contribution in [0.3, 0.4) is 0 Å². The summed E-state index contributed by atoms with van der Waals surface area (Å²) in [6.45, 7) is 10.6. The molecule has 0 aliphatic carbocycles. The van der Waals surface area contributed by atoms with E-state index in [-0.39, 0.29) is 0 Å². The maximum absolute atomic E-state index is 2.89. The molecule has 0 fully saturated rings. The standard InChI is InChI=1S/C44H87N2/c1-6-10-14-18-22-26-30-34-38-42-43(39-35-31-27-23-19-15-11-7-2)46(41-37-33-29-25-21-17-13-9-4)44(45(42)5)40-36-32-28-24-20-16-12-8-3/h6-41H2,1-5H3/q+1. The predicted octanol–water partition coefficient (Wildman–Crippen LogP) is 14.5. The molecule has 272 valence electrons. The zero-order valence-electron chi connectivity index (χ0n) is 32.9. The third-order valence-electron chi connectivity index (χ3n) is 10.8. The van der Waals surface area contributed by atoms with Gasteiger partial charge in [-0.15, -0.1) is 0 Å². The molecule has 0 unspecified atom stereocenters. The lowest BCUT2D eigenvalue weighted by Gasteiger charge is -2.08. The van der Waals surface area contributed by atoms with Crippen molar-refractivity contribution in [3.05, 3.63) is 17.2 Å². The molecule has 0 amide bonds. The van der Waals surface area contributed by atoms with Crippen molar-refractivity contribution in [2.24, 2.45) is 7.05 Å². The quantitative estimate of drug-likeness (QED) is 0.0508. The van der Waals surface area contributed by atoms with E-state index in [1.165, 1.54) is 231 Å². The van der Waals surface area contributed by atoms with Crippen LogP contribution in [0.2, 0.25) is 0 Å². The van der Waals surface area contributed by atoms with Crippen molar-refractivity contribution in [2.75, 3.05) is 0 Å². The van der Waals surface area contributed by atoms with Gasteiger partial charge in [0.15, 0.2) is 0 Å². The smallest absolute Gasteiger partial charge is 0.234 e. The zero-order chi connectivity index (χ0) is 33.3. The van der Waals surface area contributed by atoms with E-state index in [9.17, 15) is 0 Å². The lowest BCUT2D eigenvalue weighted by molar-refractivity contribution is -0.686. The number of aromatic nitrogens is 2. The maximum Gasteiger partial charge on any atom is 0.256 e. The Hall–Kier alpha value is -0.790. The van der Waals surface area contributed by atoms with Crippen molar-refractivity contribution < 1.29 is 4.57 Å². The number of imidazole rings is 1. The van der Waals surface area contributed by atoms with Crippen LogP contribution in [0.25, 0.3) is 0 Å². The van der Waals surface area contributed by atoms with Crippen LogP contribution in [0.5, 0.6) is 0 Å². The lowest BCUT2D eigenvalue weighted by Crippen LogP contribution is -2.36. The monoisotopic (exact) mass is 644 g/mol. The molecule has 1 heterocycles. The van der Waals surface area contributed by atoms with E-state index in [2.05, 4.69) is 43.9 Å². The van der Waals surface area contributed by atoms with E-state index in [4.69, 9.17) is 0 Å².